The molecule has 0 bridgehead atoms. The fourth-order valence-corrected chi connectivity index (χ4v) is 2.42. The summed E-state index contributed by atoms with van der Waals surface area (Å²) in [6, 6.07) is 7.84. The fourth-order valence-electron chi connectivity index (χ4n) is 1.64. The molecule has 6 nitrogen and oxygen atoms in total. The van der Waals surface area contributed by atoms with Crippen LogP contribution in [0.5, 0.6) is 5.75 Å². The summed E-state index contributed by atoms with van der Waals surface area (Å²) in [4.78, 5) is 22.8. The van der Waals surface area contributed by atoms with Gasteiger partial charge in [0.15, 0.2) is 0 Å². The van der Waals surface area contributed by atoms with Crippen LogP contribution in [0.3, 0.4) is 0 Å². The number of amides is 2. The van der Waals surface area contributed by atoms with Gasteiger partial charge in [-0.2, -0.15) is 0 Å². The van der Waals surface area contributed by atoms with Crippen molar-refractivity contribution in [3.05, 3.63) is 41.3 Å². The zero-order chi connectivity index (χ0) is 15.2. The molecule has 0 radical (unpaired) electrons. The second-order valence-corrected chi connectivity index (χ2v) is 4.92. The van der Waals surface area contributed by atoms with Crippen LogP contribution in [0.15, 0.2) is 35.7 Å². The fraction of sp³-hybridized carbons (Fsp3) is 0.143. The van der Waals surface area contributed by atoms with Gasteiger partial charge in [-0.15, -0.1) is 11.3 Å². The number of urea groups is 1. The predicted octanol–water partition coefficient (Wildman–Crippen LogP) is 3.49. The van der Waals surface area contributed by atoms with E-state index >= 15 is 0 Å². The molecule has 0 unspecified atom stereocenters. The highest BCUT2D eigenvalue weighted by molar-refractivity contribution is 7.14. The Bertz CT molecular complexity index is 637. The molecular formula is C14H14N2O4S. The van der Waals surface area contributed by atoms with Gasteiger partial charge in [0.05, 0.1) is 12.2 Å². The highest BCUT2D eigenvalue weighted by Gasteiger charge is 2.13. The Kier molecular flexibility index (Phi) is 4.78. The smallest absolute Gasteiger partial charge is 0.338 e. The van der Waals surface area contributed by atoms with Crippen molar-refractivity contribution in [3.63, 3.8) is 0 Å². The highest BCUT2D eigenvalue weighted by atomic mass is 32.1. The number of benzene rings is 1. The average Bonchev–Trinajstić information content (AvgIpc) is 2.89. The monoisotopic (exact) mass is 306 g/mol. The van der Waals surface area contributed by atoms with Crippen LogP contribution in [0.1, 0.15) is 17.3 Å². The van der Waals surface area contributed by atoms with Crippen LogP contribution in [-0.2, 0) is 0 Å². The van der Waals surface area contributed by atoms with E-state index < -0.39 is 12.0 Å². The first-order chi connectivity index (χ1) is 10.1. The van der Waals surface area contributed by atoms with Gasteiger partial charge in [-0.25, -0.2) is 9.59 Å². The van der Waals surface area contributed by atoms with Crippen LogP contribution >= 0.6 is 11.3 Å². The van der Waals surface area contributed by atoms with E-state index in [1.807, 2.05) is 6.92 Å². The molecule has 2 amide bonds. The molecule has 0 aliphatic rings. The Morgan fingerprint density at radius 3 is 2.52 bits per heavy atom. The van der Waals surface area contributed by atoms with Crippen LogP contribution < -0.4 is 15.4 Å². The van der Waals surface area contributed by atoms with Gasteiger partial charge >= 0.3 is 12.0 Å². The molecule has 110 valence electrons. The van der Waals surface area contributed by atoms with E-state index in [1.54, 1.807) is 29.6 Å². The quantitative estimate of drug-likeness (QED) is 0.789. The Morgan fingerprint density at radius 1 is 1.19 bits per heavy atom. The normalized spacial score (nSPS) is 9.95. The van der Waals surface area contributed by atoms with Gasteiger partial charge in [-0.1, -0.05) is 0 Å². The third-order valence-electron chi connectivity index (χ3n) is 2.55. The van der Waals surface area contributed by atoms with Crippen molar-refractivity contribution >= 4 is 34.0 Å². The van der Waals surface area contributed by atoms with Crippen LogP contribution in [-0.4, -0.2) is 23.7 Å². The molecule has 21 heavy (non-hydrogen) atoms. The minimum Gasteiger partial charge on any atom is -0.494 e. The molecule has 2 rings (SSSR count). The molecule has 0 aliphatic carbocycles. The molecule has 0 saturated carbocycles. The number of anilines is 2. The van der Waals surface area contributed by atoms with Crippen LogP contribution in [0.4, 0.5) is 15.5 Å². The number of ether oxygens (including phenoxy) is 1. The summed E-state index contributed by atoms with van der Waals surface area (Å²) in [5.74, 6) is -0.359. The van der Waals surface area contributed by atoms with Gasteiger partial charge in [0.25, 0.3) is 0 Å². The Hall–Kier alpha value is -2.54. The summed E-state index contributed by atoms with van der Waals surface area (Å²) in [6.45, 7) is 2.46. The van der Waals surface area contributed by atoms with Crippen LogP contribution in [0.25, 0.3) is 0 Å². The molecule has 0 atom stereocenters. The second-order valence-electron chi connectivity index (χ2n) is 4.01. The topological polar surface area (TPSA) is 87.7 Å². The van der Waals surface area contributed by atoms with E-state index in [4.69, 9.17) is 9.84 Å². The summed E-state index contributed by atoms with van der Waals surface area (Å²) in [6.07, 6.45) is 0. The van der Waals surface area contributed by atoms with Crippen molar-refractivity contribution < 1.29 is 19.4 Å². The number of hydrogen-bond acceptors (Lipinski definition) is 4. The van der Waals surface area contributed by atoms with Crippen molar-refractivity contribution in [1.82, 2.24) is 0 Å². The number of rotatable bonds is 5. The van der Waals surface area contributed by atoms with Crippen LogP contribution in [0.2, 0.25) is 0 Å². The first kappa shape index (κ1) is 14.9. The number of aromatic carboxylic acids is 1. The highest BCUT2D eigenvalue weighted by Crippen LogP contribution is 2.23. The molecule has 0 saturated heterocycles. The van der Waals surface area contributed by atoms with E-state index in [9.17, 15) is 9.59 Å². The summed E-state index contributed by atoms with van der Waals surface area (Å²) < 4.78 is 5.30. The molecule has 2 aromatic rings. The maximum absolute atomic E-state index is 11.8. The standard InChI is InChI=1S/C14H14N2O4S/c1-2-20-10-5-3-9(4-6-10)15-14(19)16-12-11(13(17)18)7-8-21-12/h3-8H,2H2,1H3,(H,17,18)(H2,15,16,19). The van der Waals surface area contributed by atoms with Gasteiger partial charge in [-0.3, -0.25) is 5.32 Å². The van der Waals surface area contributed by atoms with E-state index in [0.29, 0.717) is 17.3 Å². The van der Waals surface area contributed by atoms with E-state index in [-0.39, 0.29) is 5.56 Å². The lowest BCUT2D eigenvalue weighted by atomic mass is 10.3. The minimum atomic E-state index is -1.08. The number of carbonyl (C=O) groups excluding carboxylic acids is 1. The molecule has 1 heterocycles. The Morgan fingerprint density at radius 2 is 1.90 bits per heavy atom. The lowest BCUT2D eigenvalue weighted by Crippen LogP contribution is -2.19. The van der Waals surface area contributed by atoms with Gasteiger partial charge in [-0.05, 0) is 42.6 Å². The molecule has 0 aliphatic heterocycles. The van der Waals surface area contributed by atoms with Gasteiger partial charge in [0.2, 0.25) is 0 Å². The zero-order valence-corrected chi connectivity index (χ0v) is 12.1. The van der Waals surface area contributed by atoms with Crippen molar-refractivity contribution in [1.29, 1.82) is 0 Å². The largest absolute Gasteiger partial charge is 0.494 e. The number of carboxylic acid groups (broad SMARTS) is 1. The van der Waals surface area contributed by atoms with Crippen molar-refractivity contribution in [3.8, 4) is 5.75 Å². The first-order valence-electron chi connectivity index (χ1n) is 6.21. The van der Waals surface area contributed by atoms with Gasteiger partial charge < -0.3 is 15.2 Å². The third kappa shape index (κ3) is 3.96. The van der Waals surface area contributed by atoms with Crippen molar-refractivity contribution in [2.24, 2.45) is 0 Å². The van der Waals surface area contributed by atoms with Crippen molar-refractivity contribution in [2.45, 2.75) is 6.92 Å². The lowest BCUT2D eigenvalue weighted by Gasteiger charge is -2.08. The molecule has 1 aromatic heterocycles. The maximum Gasteiger partial charge on any atom is 0.338 e. The average molecular weight is 306 g/mol. The van der Waals surface area contributed by atoms with Crippen molar-refractivity contribution in [2.75, 3.05) is 17.2 Å². The first-order valence-corrected chi connectivity index (χ1v) is 7.09. The summed E-state index contributed by atoms with van der Waals surface area (Å²) >= 11 is 1.15. The third-order valence-corrected chi connectivity index (χ3v) is 3.38. The minimum absolute atomic E-state index is 0.0712. The number of carbonyl (C=O) groups is 2. The molecule has 7 heteroatoms. The zero-order valence-electron chi connectivity index (χ0n) is 11.3. The molecule has 1 aromatic carbocycles. The number of thiophene rings is 1. The summed E-state index contributed by atoms with van der Waals surface area (Å²) in [5.41, 5.74) is 0.659. The molecule has 0 spiro atoms. The van der Waals surface area contributed by atoms with E-state index in [1.165, 1.54) is 6.07 Å². The van der Waals surface area contributed by atoms with E-state index in [2.05, 4.69) is 10.6 Å². The SMILES string of the molecule is CCOc1ccc(NC(=O)Nc2sccc2C(=O)O)cc1. The second kappa shape index (κ2) is 6.76. The Labute approximate surface area is 125 Å². The molecular weight excluding hydrogens is 292 g/mol. The number of carboxylic acids is 1. The van der Waals surface area contributed by atoms with Crippen LogP contribution in [0, 0.1) is 0 Å². The molecule has 0 fully saturated rings. The van der Waals surface area contributed by atoms with Gasteiger partial charge in [0.1, 0.15) is 10.8 Å². The number of nitrogens with one attached hydrogen (secondary N) is 2. The number of hydrogen-bond donors (Lipinski definition) is 3. The maximum atomic E-state index is 11.8. The predicted molar refractivity (Wildman–Crippen MR) is 81.5 cm³/mol. The molecule has 3 N–H and O–H groups in total. The lowest BCUT2D eigenvalue weighted by molar-refractivity contribution is 0.0698. The summed E-state index contributed by atoms with van der Waals surface area (Å²) in [5, 5.41) is 16.0. The Balaban J connectivity index is 1.98. The van der Waals surface area contributed by atoms with Gasteiger partial charge in [0, 0.05) is 5.69 Å². The van der Waals surface area contributed by atoms with E-state index in [0.717, 1.165) is 17.1 Å². The summed E-state index contributed by atoms with van der Waals surface area (Å²) in [7, 11) is 0.